The third-order valence-corrected chi connectivity index (χ3v) is 5.61. The van der Waals surface area contributed by atoms with E-state index in [0.717, 1.165) is 51.4 Å². The van der Waals surface area contributed by atoms with E-state index in [4.69, 9.17) is 5.11 Å². The van der Waals surface area contributed by atoms with Crippen LogP contribution in [0.15, 0.2) is 12.2 Å². The zero-order valence-electron chi connectivity index (χ0n) is 16.6. The molecule has 0 aliphatic heterocycles. The van der Waals surface area contributed by atoms with Crippen molar-refractivity contribution in [3.05, 3.63) is 12.2 Å². The van der Waals surface area contributed by atoms with Crippen LogP contribution in [0.25, 0.3) is 0 Å². The van der Waals surface area contributed by atoms with Gasteiger partial charge in [0.1, 0.15) is 5.78 Å². The van der Waals surface area contributed by atoms with Crippen LogP contribution < -0.4 is 0 Å². The predicted molar refractivity (Wildman–Crippen MR) is 104 cm³/mol. The zero-order valence-corrected chi connectivity index (χ0v) is 16.6. The first-order valence-electron chi connectivity index (χ1n) is 10.3. The van der Waals surface area contributed by atoms with Crippen LogP contribution >= 0.6 is 0 Å². The summed E-state index contributed by atoms with van der Waals surface area (Å²) >= 11 is 0. The summed E-state index contributed by atoms with van der Waals surface area (Å²) in [4.78, 5) is 22.7. The molecule has 0 saturated heterocycles. The number of Topliss-reactive ketones (excluding diaryl/α,β-unsaturated/α-hetero) is 1. The lowest BCUT2D eigenvalue weighted by Crippen LogP contribution is -2.13. The average molecular weight is 351 g/mol. The summed E-state index contributed by atoms with van der Waals surface area (Å²) in [6, 6.07) is 0. The van der Waals surface area contributed by atoms with Crippen molar-refractivity contribution in [2.24, 2.45) is 17.3 Å². The molecule has 2 atom stereocenters. The number of carboxylic acids is 1. The number of allylic oxidation sites excluding steroid dienone is 2. The molecule has 0 radical (unpaired) electrons. The molecular weight excluding hydrogens is 312 g/mol. The molecule has 3 heteroatoms. The Bertz CT molecular complexity index is 437. The molecule has 0 spiro atoms. The number of ketones is 1. The summed E-state index contributed by atoms with van der Waals surface area (Å²) < 4.78 is 0. The Kier molecular flexibility index (Phi) is 10.1. The van der Waals surface area contributed by atoms with Crippen molar-refractivity contribution < 1.29 is 14.7 Å². The molecule has 0 aromatic rings. The highest BCUT2D eigenvalue weighted by molar-refractivity contribution is 5.83. The van der Waals surface area contributed by atoms with Crippen molar-refractivity contribution in [1.29, 1.82) is 0 Å². The van der Waals surface area contributed by atoms with E-state index in [1.807, 2.05) is 0 Å². The van der Waals surface area contributed by atoms with E-state index in [-0.39, 0.29) is 12.3 Å². The summed E-state index contributed by atoms with van der Waals surface area (Å²) in [6.45, 7) is 6.93. The zero-order chi connectivity index (χ0) is 18.7. The molecule has 0 aromatic carbocycles. The Morgan fingerprint density at radius 3 is 2.60 bits per heavy atom. The fourth-order valence-electron chi connectivity index (χ4n) is 4.08. The molecule has 1 N–H and O–H groups in total. The largest absolute Gasteiger partial charge is 0.481 e. The van der Waals surface area contributed by atoms with E-state index in [1.165, 1.54) is 19.3 Å². The highest BCUT2D eigenvalue weighted by atomic mass is 16.4. The first kappa shape index (κ1) is 21.9. The number of carboxylic acid groups (broad SMARTS) is 1. The average Bonchev–Trinajstić information content (AvgIpc) is 2.87. The van der Waals surface area contributed by atoms with Crippen LogP contribution in [0, 0.1) is 17.3 Å². The van der Waals surface area contributed by atoms with E-state index >= 15 is 0 Å². The van der Waals surface area contributed by atoms with Gasteiger partial charge in [-0.25, -0.2) is 0 Å². The van der Waals surface area contributed by atoms with Crippen LogP contribution in [0.4, 0.5) is 0 Å². The van der Waals surface area contributed by atoms with Crippen LogP contribution in [0.5, 0.6) is 0 Å². The van der Waals surface area contributed by atoms with E-state index in [1.54, 1.807) is 0 Å². The van der Waals surface area contributed by atoms with Crippen molar-refractivity contribution in [3.8, 4) is 0 Å². The van der Waals surface area contributed by atoms with Gasteiger partial charge < -0.3 is 5.11 Å². The molecule has 1 saturated carbocycles. The molecule has 0 bridgehead atoms. The highest BCUT2D eigenvalue weighted by Crippen LogP contribution is 2.34. The Balaban J connectivity index is 2.29. The molecule has 0 aromatic heterocycles. The minimum Gasteiger partial charge on any atom is -0.481 e. The quantitative estimate of drug-likeness (QED) is 0.319. The number of carbonyl (C=O) groups is 2. The Hall–Kier alpha value is -1.12. The van der Waals surface area contributed by atoms with Crippen molar-refractivity contribution in [2.45, 2.75) is 97.8 Å². The van der Waals surface area contributed by atoms with Crippen LogP contribution in [0.3, 0.4) is 0 Å². The van der Waals surface area contributed by atoms with Crippen molar-refractivity contribution in [1.82, 2.24) is 0 Å². The molecular formula is C22H38O3. The second kappa shape index (κ2) is 11.5. The van der Waals surface area contributed by atoms with Crippen molar-refractivity contribution in [2.75, 3.05) is 0 Å². The number of unbranched alkanes of at least 4 members (excludes halogenated alkanes) is 3. The topological polar surface area (TPSA) is 54.4 Å². The van der Waals surface area contributed by atoms with Gasteiger partial charge >= 0.3 is 5.97 Å². The molecule has 1 rings (SSSR count). The van der Waals surface area contributed by atoms with Crippen LogP contribution in [-0.2, 0) is 9.59 Å². The predicted octanol–water partition coefficient (Wildman–Crippen LogP) is 6.17. The van der Waals surface area contributed by atoms with Gasteiger partial charge in [0.25, 0.3) is 0 Å². The standard InChI is InChI=1S/C22H38O3/c1-4-16-22(2,3)17-10-9-11-18-14-15-20(23)19(18)12-7-5-6-8-13-21(24)25/h9,11,18-19H,4-8,10,12-17H2,1-3H3,(H,24,25)/b11-9+/t18-,19+/m0/s1. The molecule has 3 nitrogen and oxygen atoms in total. The number of aliphatic carboxylic acids is 1. The third-order valence-electron chi connectivity index (χ3n) is 5.61. The number of hydrogen-bond acceptors (Lipinski definition) is 2. The molecule has 0 unspecified atom stereocenters. The van der Waals surface area contributed by atoms with Gasteiger partial charge in [0.2, 0.25) is 0 Å². The van der Waals surface area contributed by atoms with Gasteiger partial charge in [-0.3, -0.25) is 9.59 Å². The minimum atomic E-state index is -0.710. The number of carbonyl (C=O) groups excluding carboxylic acids is 1. The smallest absolute Gasteiger partial charge is 0.303 e. The molecule has 144 valence electrons. The maximum atomic E-state index is 12.2. The van der Waals surface area contributed by atoms with E-state index in [2.05, 4.69) is 32.9 Å². The molecule has 1 aliphatic rings. The normalized spacial score (nSPS) is 21.3. The van der Waals surface area contributed by atoms with Crippen LogP contribution in [0.2, 0.25) is 0 Å². The van der Waals surface area contributed by atoms with Gasteiger partial charge in [-0.05, 0) is 49.9 Å². The van der Waals surface area contributed by atoms with Gasteiger partial charge in [0.15, 0.2) is 0 Å². The van der Waals surface area contributed by atoms with Crippen LogP contribution in [0.1, 0.15) is 97.8 Å². The molecule has 25 heavy (non-hydrogen) atoms. The molecule has 0 heterocycles. The second-order valence-corrected chi connectivity index (χ2v) is 8.50. The molecule has 0 amide bonds. The maximum Gasteiger partial charge on any atom is 0.303 e. The fourth-order valence-corrected chi connectivity index (χ4v) is 4.08. The summed E-state index contributed by atoms with van der Waals surface area (Å²) in [5, 5.41) is 8.64. The lowest BCUT2D eigenvalue weighted by molar-refractivity contribution is -0.137. The van der Waals surface area contributed by atoms with Gasteiger partial charge in [0.05, 0.1) is 0 Å². The minimum absolute atomic E-state index is 0.208. The summed E-state index contributed by atoms with van der Waals surface area (Å²) in [7, 11) is 0. The van der Waals surface area contributed by atoms with Gasteiger partial charge in [-0.1, -0.05) is 58.6 Å². The Morgan fingerprint density at radius 1 is 1.20 bits per heavy atom. The van der Waals surface area contributed by atoms with E-state index < -0.39 is 5.97 Å². The molecule has 1 fully saturated rings. The summed E-state index contributed by atoms with van der Waals surface area (Å²) in [5.74, 6) is 0.366. The number of hydrogen-bond donors (Lipinski definition) is 1. The van der Waals surface area contributed by atoms with Crippen molar-refractivity contribution >= 4 is 11.8 Å². The summed E-state index contributed by atoms with van der Waals surface area (Å²) in [6.07, 6.45) is 16.2. The molecule has 1 aliphatic carbocycles. The van der Waals surface area contributed by atoms with Crippen molar-refractivity contribution in [3.63, 3.8) is 0 Å². The van der Waals surface area contributed by atoms with Gasteiger partial charge in [-0.15, -0.1) is 0 Å². The SMILES string of the molecule is CCCC(C)(C)CC/C=C/[C@H]1CCC(=O)[C@@H]1CCCCCCC(=O)O. The fraction of sp³-hybridized carbons (Fsp3) is 0.818. The van der Waals surface area contributed by atoms with E-state index in [0.29, 0.717) is 17.1 Å². The van der Waals surface area contributed by atoms with Gasteiger partial charge in [-0.2, -0.15) is 0 Å². The summed E-state index contributed by atoms with van der Waals surface area (Å²) in [5.41, 5.74) is 0.417. The first-order valence-corrected chi connectivity index (χ1v) is 10.3. The number of rotatable bonds is 13. The van der Waals surface area contributed by atoms with Gasteiger partial charge in [0, 0.05) is 18.8 Å². The third kappa shape index (κ3) is 9.23. The second-order valence-electron chi connectivity index (χ2n) is 8.50. The first-order chi connectivity index (χ1) is 11.9. The maximum absolute atomic E-state index is 12.2. The Morgan fingerprint density at radius 2 is 1.92 bits per heavy atom. The lowest BCUT2D eigenvalue weighted by Gasteiger charge is -2.23. The lowest BCUT2D eigenvalue weighted by atomic mass is 9.83. The van der Waals surface area contributed by atoms with E-state index in [9.17, 15) is 9.59 Å². The highest BCUT2D eigenvalue weighted by Gasteiger charge is 2.32. The van der Waals surface area contributed by atoms with Crippen LogP contribution in [-0.4, -0.2) is 16.9 Å². The Labute approximate surface area is 154 Å². The monoisotopic (exact) mass is 350 g/mol.